The highest BCUT2D eigenvalue weighted by atomic mass is 32.1. The average molecular weight is 603 g/mol. The Bertz CT molecular complexity index is 2740. The van der Waals surface area contributed by atoms with Crippen molar-refractivity contribution in [2.45, 2.75) is 0 Å². The minimum absolute atomic E-state index is 0.957. The maximum Gasteiger partial charge on any atom is 0.143 e. The molecule has 214 valence electrons. The van der Waals surface area contributed by atoms with E-state index in [0.717, 1.165) is 16.5 Å². The molecule has 0 aliphatic carbocycles. The maximum absolute atomic E-state index is 6.45. The molecule has 2 aromatic heterocycles. The molecule has 0 amide bonds. The molecular formula is C44H26OS. The molecule has 10 aromatic rings. The highest BCUT2D eigenvalue weighted by Crippen LogP contribution is 2.49. The summed E-state index contributed by atoms with van der Waals surface area (Å²) in [7, 11) is 0. The number of hydrogen-bond donors (Lipinski definition) is 0. The minimum Gasteiger partial charge on any atom is -0.463 e. The van der Waals surface area contributed by atoms with Crippen LogP contribution in [0.5, 0.6) is 0 Å². The first-order chi connectivity index (χ1) is 22.8. The molecule has 8 aromatic carbocycles. The molecule has 0 aliphatic rings. The first kappa shape index (κ1) is 25.6. The second-order valence-corrected chi connectivity index (χ2v) is 13.1. The molecule has 2 heterocycles. The summed E-state index contributed by atoms with van der Waals surface area (Å²) in [5.74, 6) is 0. The van der Waals surface area contributed by atoms with Gasteiger partial charge in [0.25, 0.3) is 0 Å². The molecule has 0 radical (unpaired) electrons. The number of rotatable bonds is 3. The van der Waals surface area contributed by atoms with E-state index in [1.165, 1.54) is 80.3 Å². The monoisotopic (exact) mass is 602 g/mol. The Morgan fingerprint density at radius 1 is 0.413 bits per heavy atom. The molecule has 0 saturated heterocycles. The van der Waals surface area contributed by atoms with Crippen LogP contribution in [-0.4, -0.2) is 0 Å². The SMILES string of the molecule is c1ccc(-c2c3ccccc3c(-c3cccc4c3sc3ccc5c(-c6ccc7ccccc7c6)coc5c34)c3ccccc23)cc1. The van der Waals surface area contributed by atoms with Gasteiger partial charge in [-0.1, -0.05) is 133 Å². The Morgan fingerprint density at radius 2 is 1.07 bits per heavy atom. The van der Waals surface area contributed by atoms with Crippen LogP contribution in [0.4, 0.5) is 0 Å². The summed E-state index contributed by atoms with van der Waals surface area (Å²) < 4.78 is 8.98. The molecular weight excluding hydrogens is 577 g/mol. The van der Waals surface area contributed by atoms with Crippen LogP contribution in [0.25, 0.3) is 96.8 Å². The third kappa shape index (κ3) is 3.68. The Morgan fingerprint density at radius 3 is 1.83 bits per heavy atom. The van der Waals surface area contributed by atoms with Crippen LogP contribution in [0.1, 0.15) is 0 Å². The summed E-state index contributed by atoms with van der Waals surface area (Å²) in [5.41, 5.74) is 8.34. The van der Waals surface area contributed by atoms with Gasteiger partial charge in [0.15, 0.2) is 0 Å². The van der Waals surface area contributed by atoms with Crippen molar-refractivity contribution in [2.24, 2.45) is 0 Å². The van der Waals surface area contributed by atoms with E-state index in [1.807, 2.05) is 17.6 Å². The summed E-state index contributed by atoms with van der Waals surface area (Å²) in [6.07, 6.45) is 1.94. The van der Waals surface area contributed by atoms with E-state index in [1.54, 1.807) is 0 Å². The van der Waals surface area contributed by atoms with Gasteiger partial charge in [0.2, 0.25) is 0 Å². The molecule has 0 atom stereocenters. The van der Waals surface area contributed by atoms with Crippen LogP contribution in [0.15, 0.2) is 162 Å². The fourth-order valence-corrected chi connectivity index (χ4v) is 8.71. The van der Waals surface area contributed by atoms with Gasteiger partial charge in [-0.05, 0) is 72.8 Å². The molecule has 0 unspecified atom stereocenters. The lowest BCUT2D eigenvalue weighted by Gasteiger charge is -2.18. The first-order valence-electron chi connectivity index (χ1n) is 15.7. The molecule has 46 heavy (non-hydrogen) atoms. The largest absolute Gasteiger partial charge is 0.463 e. The summed E-state index contributed by atoms with van der Waals surface area (Å²) >= 11 is 1.86. The van der Waals surface area contributed by atoms with Gasteiger partial charge in [0, 0.05) is 36.7 Å². The van der Waals surface area contributed by atoms with Gasteiger partial charge in [-0.15, -0.1) is 11.3 Å². The van der Waals surface area contributed by atoms with Gasteiger partial charge in [-0.25, -0.2) is 0 Å². The van der Waals surface area contributed by atoms with Gasteiger partial charge in [-0.3, -0.25) is 0 Å². The van der Waals surface area contributed by atoms with Crippen LogP contribution in [-0.2, 0) is 0 Å². The minimum atomic E-state index is 0.957. The molecule has 0 aliphatic heterocycles. The fraction of sp³-hybridized carbons (Fsp3) is 0. The second kappa shape index (κ2) is 9.90. The van der Waals surface area contributed by atoms with Crippen molar-refractivity contribution in [1.82, 2.24) is 0 Å². The van der Waals surface area contributed by atoms with Gasteiger partial charge in [-0.2, -0.15) is 0 Å². The van der Waals surface area contributed by atoms with Crippen molar-refractivity contribution < 1.29 is 4.42 Å². The number of thiophene rings is 1. The lowest BCUT2D eigenvalue weighted by molar-refractivity contribution is 0.620. The first-order valence-corrected chi connectivity index (χ1v) is 16.5. The van der Waals surface area contributed by atoms with E-state index >= 15 is 0 Å². The maximum atomic E-state index is 6.45. The Balaban J connectivity index is 1.25. The molecule has 1 nitrogen and oxygen atoms in total. The van der Waals surface area contributed by atoms with Gasteiger partial charge >= 0.3 is 0 Å². The number of benzene rings is 8. The van der Waals surface area contributed by atoms with Crippen molar-refractivity contribution in [2.75, 3.05) is 0 Å². The smallest absolute Gasteiger partial charge is 0.143 e. The zero-order valence-corrected chi connectivity index (χ0v) is 25.6. The predicted octanol–water partition coefficient (Wildman–Crippen LogP) is 13.3. The Kier molecular flexibility index (Phi) is 5.51. The Hall–Kier alpha value is -5.70. The second-order valence-electron chi connectivity index (χ2n) is 12.0. The lowest BCUT2D eigenvalue weighted by Crippen LogP contribution is -1.90. The quantitative estimate of drug-likeness (QED) is 0.183. The fourth-order valence-electron chi connectivity index (χ4n) is 7.49. The zero-order valence-electron chi connectivity index (χ0n) is 24.8. The molecule has 0 saturated carbocycles. The average Bonchev–Trinajstić information content (AvgIpc) is 3.72. The topological polar surface area (TPSA) is 13.1 Å². The van der Waals surface area contributed by atoms with Crippen LogP contribution >= 0.6 is 11.3 Å². The van der Waals surface area contributed by atoms with E-state index < -0.39 is 0 Å². The third-order valence-corrected chi connectivity index (χ3v) is 10.7. The van der Waals surface area contributed by atoms with Crippen molar-refractivity contribution >= 4 is 74.8 Å². The van der Waals surface area contributed by atoms with Crippen LogP contribution in [0.3, 0.4) is 0 Å². The van der Waals surface area contributed by atoms with Crippen molar-refractivity contribution in [1.29, 1.82) is 0 Å². The van der Waals surface area contributed by atoms with E-state index in [0.29, 0.717) is 0 Å². The number of hydrogen-bond acceptors (Lipinski definition) is 2. The van der Waals surface area contributed by atoms with Crippen LogP contribution in [0, 0.1) is 0 Å². The molecule has 2 heteroatoms. The summed E-state index contributed by atoms with van der Waals surface area (Å²) in [6.45, 7) is 0. The lowest BCUT2D eigenvalue weighted by atomic mass is 9.86. The van der Waals surface area contributed by atoms with E-state index in [4.69, 9.17) is 4.42 Å². The van der Waals surface area contributed by atoms with Gasteiger partial charge in [0.1, 0.15) is 5.58 Å². The molecule has 0 fully saturated rings. The van der Waals surface area contributed by atoms with E-state index in [2.05, 4.69) is 152 Å². The van der Waals surface area contributed by atoms with Crippen LogP contribution in [0.2, 0.25) is 0 Å². The van der Waals surface area contributed by atoms with Crippen molar-refractivity contribution in [3.8, 4) is 33.4 Å². The predicted molar refractivity (Wildman–Crippen MR) is 198 cm³/mol. The van der Waals surface area contributed by atoms with Crippen molar-refractivity contribution in [3.63, 3.8) is 0 Å². The molecule has 10 rings (SSSR count). The molecule has 0 N–H and O–H groups in total. The van der Waals surface area contributed by atoms with E-state index in [-0.39, 0.29) is 0 Å². The summed E-state index contributed by atoms with van der Waals surface area (Å²) in [6, 6.07) is 55.1. The van der Waals surface area contributed by atoms with Crippen LogP contribution < -0.4 is 0 Å². The third-order valence-electron chi connectivity index (χ3n) is 9.52. The Labute approximate surface area is 269 Å². The molecule has 0 spiro atoms. The summed E-state index contributed by atoms with van der Waals surface area (Å²) in [5, 5.41) is 11.1. The highest BCUT2D eigenvalue weighted by Gasteiger charge is 2.21. The van der Waals surface area contributed by atoms with Gasteiger partial charge in [0.05, 0.1) is 6.26 Å². The van der Waals surface area contributed by atoms with E-state index in [9.17, 15) is 0 Å². The summed E-state index contributed by atoms with van der Waals surface area (Å²) in [4.78, 5) is 0. The molecule has 0 bridgehead atoms. The zero-order chi connectivity index (χ0) is 30.2. The number of fused-ring (bicyclic) bond motifs is 8. The van der Waals surface area contributed by atoms with Gasteiger partial charge < -0.3 is 4.42 Å². The standard InChI is InChI=1S/C44H26OS/c1-2-12-28(13-3-1)40-31-15-6-8-17-33(31)41(34-18-9-7-16-32(34)40)36-19-10-20-37-42-39(46-44(36)37)24-23-35-38(26-45-43(35)42)30-22-21-27-11-4-5-14-29(27)25-30/h1-26H. The highest BCUT2D eigenvalue weighted by molar-refractivity contribution is 7.26. The number of furan rings is 1. The van der Waals surface area contributed by atoms with Crippen molar-refractivity contribution in [3.05, 3.63) is 158 Å². The normalized spacial score (nSPS) is 11.9.